The standard InChI is InChI=1S/C14H20ClO2P/c15-12-8-9-14(18(16)17)13(10-12)11-6-4-2-1-3-5-7-11/h8-11,18H,1-7H2,(H,16,17). The Balaban J connectivity index is 2.28. The van der Waals surface area contributed by atoms with Crippen molar-refractivity contribution >= 4 is 24.9 Å². The number of benzene rings is 1. The Morgan fingerprint density at radius 2 is 1.72 bits per heavy atom. The molecule has 0 amide bonds. The largest absolute Gasteiger partial charge is 0.343 e. The maximum atomic E-state index is 11.5. The zero-order valence-corrected chi connectivity index (χ0v) is 12.2. The molecule has 100 valence electrons. The Labute approximate surface area is 114 Å². The van der Waals surface area contributed by atoms with Gasteiger partial charge in [0.1, 0.15) is 0 Å². The van der Waals surface area contributed by atoms with Gasteiger partial charge in [-0.2, -0.15) is 0 Å². The van der Waals surface area contributed by atoms with Crippen LogP contribution in [0, 0.1) is 0 Å². The van der Waals surface area contributed by atoms with Gasteiger partial charge in [-0.1, -0.05) is 43.7 Å². The second kappa shape index (κ2) is 6.75. The maximum absolute atomic E-state index is 11.5. The van der Waals surface area contributed by atoms with Crippen molar-refractivity contribution in [1.82, 2.24) is 0 Å². The van der Waals surface area contributed by atoms with Gasteiger partial charge < -0.3 is 4.89 Å². The zero-order chi connectivity index (χ0) is 13.0. The predicted molar refractivity (Wildman–Crippen MR) is 77.4 cm³/mol. The lowest BCUT2D eigenvalue weighted by molar-refractivity contribution is 0.456. The van der Waals surface area contributed by atoms with Gasteiger partial charge in [-0.3, -0.25) is 4.57 Å². The van der Waals surface area contributed by atoms with Gasteiger partial charge in [-0.05, 0) is 42.5 Å². The first-order chi connectivity index (χ1) is 8.68. The fourth-order valence-corrected chi connectivity index (χ4v) is 3.76. The average Bonchev–Trinajstić information content (AvgIpc) is 2.27. The molecule has 2 nitrogen and oxygen atoms in total. The normalized spacial score (nSPS) is 20.1. The van der Waals surface area contributed by atoms with Gasteiger partial charge in [0.2, 0.25) is 8.03 Å². The summed E-state index contributed by atoms with van der Waals surface area (Å²) in [5, 5.41) is 1.27. The summed E-state index contributed by atoms with van der Waals surface area (Å²) in [6.07, 6.45) is 8.53. The van der Waals surface area contributed by atoms with Crippen LogP contribution in [0.25, 0.3) is 0 Å². The Morgan fingerprint density at radius 3 is 2.33 bits per heavy atom. The molecule has 1 aliphatic carbocycles. The monoisotopic (exact) mass is 286 g/mol. The fraction of sp³-hybridized carbons (Fsp3) is 0.571. The smallest absolute Gasteiger partial charge is 0.218 e. The maximum Gasteiger partial charge on any atom is 0.218 e. The summed E-state index contributed by atoms with van der Waals surface area (Å²) in [4.78, 5) is 9.46. The van der Waals surface area contributed by atoms with Crippen LogP contribution in [0.1, 0.15) is 56.4 Å². The minimum Gasteiger partial charge on any atom is -0.343 e. The zero-order valence-electron chi connectivity index (χ0n) is 10.5. The third-order valence-electron chi connectivity index (χ3n) is 3.79. The number of rotatable bonds is 2. The Hall–Kier alpha value is -0.300. The Bertz CT molecular complexity index is 426. The molecule has 0 bridgehead atoms. The third-order valence-corrected chi connectivity index (χ3v) is 4.94. The fourth-order valence-electron chi connectivity index (χ4n) is 2.83. The highest BCUT2D eigenvalue weighted by Gasteiger charge is 2.19. The summed E-state index contributed by atoms with van der Waals surface area (Å²) in [7, 11) is -2.64. The van der Waals surface area contributed by atoms with Crippen LogP contribution in [0.3, 0.4) is 0 Å². The van der Waals surface area contributed by atoms with E-state index in [1.165, 1.54) is 32.1 Å². The van der Waals surface area contributed by atoms with Crippen molar-refractivity contribution in [3.8, 4) is 0 Å². The van der Waals surface area contributed by atoms with Crippen molar-refractivity contribution in [3.05, 3.63) is 28.8 Å². The van der Waals surface area contributed by atoms with Gasteiger partial charge in [0.15, 0.2) is 0 Å². The highest BCUT2D eigenvalue weighted by Crippen LogP contribution is 2.34. The van der Waals surface area contributed by atoms with Crippen LogP contribution in [-0.4, -0.2) is 4.89 Å². The first-order valence-electron chi connectivity index (χ1n) is 6.71. The number of halogens is 1. The second-order valence-corrected chi connectivity index (χ2v) is 6.66. The lowest BCUT2D eigenvalue weighted by Crippen LogP contribution is -2.12. The van der Waals surface area contributed by atoms with E-state index in [1.54, 1.807) is 12.1 Å². The lowest BCUT2D eigenvalue weighted by Gasteiger charge is -2.22. The van der Waals surface area contributed by atoms with Crippen LogP contribution < -0.4 is 5.30 Å². The third kappa shape index (κ3) is 3.60. The molecular weight excluding hydrogens is 267 g/mol. The number of hydrogen-bond acceptors (Lipinski definition) is 1. The molecule has 4 heteroatoms. The van der Waals surface area contributed by atoms with Crippen LogP contribution in [0.5, 0.6) is 0 Å². The van der Waals surface area contributed by atoms with Crippen LogP contribution in [0.4, 0.5) is 0 Å². The molecule has 2 rings (SSSR count). The quantitative estimate of drug-likeness (QED) is 0.825. The average molecular weight is 287 g/mol. The van der Waals surface area contributed by atoms with E-state index in [-0.39, 0.29) is 0 Å². The molecule has 0 aliphatic heterocycles. The molecular formula is C14H20ClO2P. The van der Waals surface area contributed by atoms with Crippen molar-refractivity contribution in [2.24, 2.45) is 0 Å². The molecule has 0 aromatic heterocycles. The Kier molecular flexibility index (Phi) is 5.29. The van der Waals surface area contributed by atoms with Crippen LogP contribution >= 0.6 is 19.6 Å². The molecule has 1 fully saturated rings. The summed E-state index contributed by atoms with van der Waals surface area (Å²) < 4.78 is 11.5. The van der Waals surface area contributed by atoms with Crippen molar-refractivity contribution in [2.75, 3.05) is 0 Å². The predicted octanol–water partition coefficient (Wildman–Crippen LogP) is 4.26. The first kappa shape index (κ1) is 14.1. The molecule has 1 aromatic carbocycles. The minimum atomic E-state index is -2.64. The molecule has 0 spiro atoms. The van der Waals surface area contributed by atoms with Crippen molar-refractivity contribution in [2.45, 2.75) is 50.9 Å². The van der Waals surface area contributed by atoms with Crippen LogP contribution in [0.15, 0.2) is 18.2 Å². The summed E-state index contributed by atoms with van der Waals surface area (Å²) in [6.45, 7) is 0. The molecule has 18 heavy (non-hydrogen) atoms. The molecule has 0 radical (unpaired) electrons. The van der Waals surface area contributed by atoms with E-state index in [9.17, 15) is 9.46 Å². The molecule has 1 unspecified atom stereocenters. The molecule has 1 aliphatic rings. The van der Waals surface area contributed by atoms with Crippen LogP contribution in [-0.2, 0) is 4.57 Å². The van der Waals surface area contributed by atoms with Gasteiger partial charge >= 0.3 is 0 Å². The summed E-state index contributed by atoms with van der Waals surface area (Å²) in [5.74, 6) is 0.403. The van der Waals surface area contributed by atoms with Crippen molar-refractivity contribution < 1.29 is 9.46 Å². The SMILES string of the molecule is O=[PH](O)c1ccc(Cl)cc1C1CCCCCCC1. The van der Waals surface area contributed by atoms with Gasteiger partial charge in [-0.15, -0.1) is 0 Å². The molecule has 1 saturated carbocycles. The molecule has 1 aromatic rings. The topological polar surface area (TPSA) is 37.3 Å². The van der Waals surface area contributed by atoms with E-state index in [2.05, 4.69) is 0 Å². The second-order valence-electron chi connectivity index (χ2n) is 5.08. The van der Waals surface area contributed by atoms with Gasteiger partial charge in [0, 0.05) is 10.3 Å². The summed E-state index contributed by atoms with van der Waals surface area (Å²) in [6, 6.07) is 5.32. The van der Waals surface area contributed by atoms with E-state index < -0.39 is 8.03 Å². The molecule has 0 saturated heterocycles. The summed E-state index contributed by atoms with van der Waals surface area (Å²) in [5.41, 5.74) is 1.01. The van der Waals surface area contributed by atoms with Crippen molar-refractivity contribution in [3.63, 3.8) is 0 Å². The van der Waals surface area contributed by atoms with Gasteiger partial charge in [0.05, 0.1) is 0 Å². The number of hydrogen-bond donors (Lipinski definition) is 1. The van der Waals surface area contributed by atoms with Gasteiger partial charge in [0.25, 0.3) is 0 Å². The van der Waals surface area contributed by atoms with E-state index in [1.807, 2.05) is 6.07 Å². The van der Waals surface area contributed by atoms with Crippen molar-refractivity contribution in [1.29, 1.82) is 0 Å². The highest BCUT2D eigenvalue weighted by molar-refractivity contribution is 7.47. The summed E-state index contributed by atoms with van der Waals surface area (Å²) >= 11 is 6.04. The molecule has 0 heterocycles. The van der Waals surface area contributed by atoms with E-state index in [0.717, 1.165) is 18.4 Å². The minimum absolute atomic E-state index is 0.403. The van der Waals surface area contributed by atoms with E-state index in [4.69, 9.17) is 11.6 Å². The lowest BCUT2D eigenvalue weighted by atomic mass is 9.86. The molecule has 1 atom stereocenters. The van der Waals surface area contributed by atoms with Crippen LogP contribution in [0.2, 0.25) is 5.02 Å². The highest BCUT2D eigenvalue weighted by atomic mass is 35.5. The Morgan fingerprint density at radius 1 is 1.11 bits per heavy atom. The van der Waals surface area contributed by atoms with Gasteiger partial charge in [-0.25, -0.2) is 0 Å². The molecule has 1 N–H and O–H groups in total. The van der Waals surface area contributed by atoms with E-state index >= 15 is 0 Å². The van der Waals surface area contributed by atoms with E-state index in [0.29, 0.717) is 16.2 Å². The first-order valence-corrected chi connectivity index (χ1v) is 8.44.